The first-order valence-electron chi connectivity index (χ1n) is 7.66. The van der Waals surface area contributed by atoms with Gasteiger partial charge in [0, 0.05) is 19.6 Å². The molecule has 0 spiro atoms. The summed E-state index contributed by atoms with van der Waals surface area (Å²) < 4.78 is 11.7. The number of rotatable bonds is 5. The highest BCUT2D eigenvalue weighted by Gasteiger charge is 2.31. The zero-order valence-electron chi connectivity index (χ0n) is 12.8. The molecule has 2 aliphatic heterocycles. The largest absolute Gasteiger partial charge is 0.486 e. The van der Waals surface area contributed by atoms with E-state index < -0.39 is 0 Å². The van der Waals surface area contributed by atoms with Crippen molar-refractivity contribution >= 4 is 18.3 Å². The standard InChI is InChI=1S/C16H22N2O3.ClH/c1-2-7-18(16(19)12-8-17-9-12)10-13-11-20-14-5-3-4-6-15(14)21-13;/h3-6,12-13,17H,2,7-11H2,1H3;1H. The summed E-state index contributed by atoms with van der Waals surface area (Å²) in [5.74, 6) is 1.92. The Kier molecular flexibility index (Phi) is 5.91. The summed E-state index contributed by atoms with van der Waals surface area (Å²) in [6.45, 7) is 5.54. The minimum absolute atomic E-state index is 0. The third-order valence-corrected chi connectivity index (χ3v) is 3.93. The lowest BCUT2D eigenvalue weighted by atomic mass is 10.0. The second-order valence-corrected chi connectivity index (χ2v) is 5.64. The van der Waals surface area contributed by atoms with Crippen LogP contribution in [-0.2, 0) is 4.79 Å². The molecule has 3 rings (SSSR count). The molecule has 22 heavy (non-hydrogen) atoms. The number of halogens is 1. The lowest BCUT2D eigenvalue weighted by Crippen LogP contribution is -2.54. The van der Waals surface area contributed by atoms with Crippen LogP contribution in [0.15, 0.2) is 24.3 Å². The van der Waals surface area contributed by atoms with Crippen LogP contribution in [0.2, 0.25) is 0 Å². The number of fused-ring (bicyclic) bond motifs is 1. The number of para-hydroxylation sites is 2. The number of hydrogen-bond acceptors (Lipinski definition) is 4. The van der Waals surface area contributed by atoms with E-state index in [1.807, 2.05) is 29.2 Å². The molecular weight excluding hydrogens is 304 g/mol. The molecule has 1 saturated heterocycles. The highest BCUT2D eigenvalue weighted by Crippen LogP contribution is 2.31. The second kappa shape index (κ2) is 7.70. The molecule has 1 atom stereocenters. The van der Waals surface area contributed by atoms with Crippen molar-refractivity contribution in [1.82, 2.24) is 10.2 Å². The monoisotopic (exact) mass is 326 g/mol. The summed E-state index contributed by atoms with van der Waals surface area (Å²) in [4.78, 5) is 14.3. The average Bonchev–Trinajstić information content (AvgIpc) is 2.45. The number of nitrogens with zero attached hydrogens (tertiary/aromatic N) is 1. The highest BCUT2D eigenvalue weighted by atomic mass is 35.5. The SMILES string of the molecule is CCCN(CC1COc2ccccc2O1)C(=O)C1CNC1.Cl. The normalized spacial score (nSPS) is 19.8. The molecule has 2 aliphatic rings. The maximum atomic E-state index is 12.4. The molecule has 1 aromatic carbocycles. The van der Waals surface area contributed by atoms with E-state index in [9.17, 15) is 4.79 Å². The first-order valence-corrected chi connectivity index (χ1v) is 7.66. The van der Waals surface area contributed by atoms with Gasteiger partial charge in [0.1, 0.15) is 6.61 Å². The Hall–Kier alpha value is -1.46. The van der Waals surface area contributed by atoms with E-state index in [0.29, 0.717) is 13.2 Å². The number of amides is 1. The number of carbonyl (C=O) groups is 1. The van der Waals surface area contributed by atoms with Gasteiger partial charge >= 0.3 is 0 Å². The van der Waals surface area contributed by atoms with Crippen molar-refractivity contribution in [2.24, 2.45) is 5.92 Å². The van der Waals surface area contributed by atoms with Crippen molar-refractivity contribution in [2.45, 2.75) is 19.4 Å². The number of carbonyl (C=O) groups excluding carboxylic acids is 1. The number of nitrogens with one attached hydrogen (secondary N) is 1. The first kappa shape index (κ1) is 16.9. The number of benzene rings is 1. The third-order valence-electron chi connectivity index (χ3n) is 3.93. The quantitative estimate of drug-likeness (QED) is 0.895. The van der Waals surface area contributed by atoms with Crippen molar-refractivity contribution in [3.63, 3.8) is 0 Å². The van der Waals surface area contributed by atoms with E-state index >= 15 is 0 Å². The van der Waals surface area contributed by atoms with Crippen LogP contribution < -0.4 is 14.8 Å². The van der Waals surface area contributed by atoms with E-state index in [2.05, 4.69) is 12.2 Å². The smallest absolute Gasteiger partial charge is 0.228 e. The van der Waals surface area contributed by atoms with E-state index in [1.54, 1.807) is 0 Å². The highest BCUT2D eigenvalue weighted by molar-refractivity contribution is 5.85. The molecule has 6 heteroatoms. The molecule has 5 nitrogen and oxygen atoms in total. The van der Waals surface area contributed by atoms with Crippen LogP contribution in [0.5, 0.6) is 11.5 Å². The second-order valence-electron chi connectivity index (χ2n) is 5.64. The van der Waals surface area contributed by atoms with Crippen LogP contribution in [0.1, 0.15) is 13.3 Å². The molecule has 0 aromatic heterocycles. The maximum absolute atomic E-state index is 12.4. The average molecular weight is 327 g/mol. The fraction of sp³-hybridized carbons (Fsp3) is 0.562. The topological polar surface area (TPSA) is 50.8 Å². The third kappa shape index (κ3) is 3.65. The van der Waals surface area contributed by atoms with Crippen molar-refractivity contribution < 1.29 is 14.3 Å². The van der Waals surface area contributed by atoms with Gasteiger partial charge in [-0.05, 0) is 18.6 Å². The molecule has 1 unspecified atom stereocenters. The Morgan fingerprint density at radius 2 is 2.05 bits per heavy atom. The van der Waals surface area contributed by atoms with Gasteiger partial charge in [-0.3, -0.25) is 4.79 Å². The van der Waals surface area contributed by atoms with Gasteiger partial charge in [-0.2, -0.15) is 0 Å². The van der Waals surface area contributed by atoms with Crippen LogP contribution in [-0.4, -0.2) is 49.7 Å². The Bertz CT molecular complexity index is 508. The lowest BCUT2D eigenvalue weighted by Gasteiger charge is -2.35. The maximum Gasteiger partial charge on any atom is 0.228 e. The van der Waals surface area contributed by atoms with Gasteiger partial charge in [0.15, 0.2) is 17.6 Å². The molecule has 0 radical (unpaired) electrons. The summed E-state index contributed by atoms with van der Waals surface area (Å²) in [6.07, 6.45) is 0.860. The van der Waals surface area contributed by atoms with Gasteiger partial charge in [0.25, 0.3) is 0 Å². The molecule has 1 N–H and O–H groups in total. The van der Waals surface area contributed by atoms with Crippen molar-refractivity contribution in [3.8, 4) is 11.5 Å². The Morgan fingerprint density at radius 1 is 1.32 bits per heavy atom. The predicted octanol–water partition coefficient (Wildman–Crippen LogP) is 1.71. The van der Waals surface area contributed by atoms with Gasteiger partial charge < -0.3 is 19.7 Å². The van der Waals surface area contributed by atoms with Crippen LogP contribution in [0.25, 0.3) is 0 Å². The Morgan fingerprint density at radius 3 is 2.68 bits per heavy atom. The van der Waals surface area contributed by atoms with E-state index in [4.69, 9.17) is 9.47 Å². The molecule has 122 valence electrons. The van der Waals surface area contributed by atoms with Gasteiger partial charge in [-0.25, -0.2) is 0 Å². The van der Waals surface area contributed by atoms with E-state index in [1.165, 1.54) is 0 Å². The van der Waals surface area contributed by atoms with Crippen LogP contribution in [0, 0.1) is 5.92 Å². The summed E-state index contributed by atoms with van der Waals surface area (Å²) >= 11 is 0. The predicted molar refractivity (Wildman–Crippen MR) is 86.8 cm³/mol. The molecule has 0 aliphatic carbocycles. The van der Waals surface area contributed by atoms with Gasteiger partial charge in [-0.15, -0.1) is 12.4 Å². The van der Waals surface area contributed by atoms with Crippen LogP contribution >= 0.6 is 12.4 Å². The van der Waals surface area contributed by atoms with E-state index in [0.717, 1.165) is 37.6 Å². The first-order chi connectivity index (χ1) is 10.3. The van der Waals surface area contributed by atoms with Crippen molar-refractivity contribution in [3.05, 3.63) is 24.3 Å². The molecule has 1 fully saturated rings. The summed E-state index contributed by atoms with van der Waals surface area (Å²) in [5, 5.41) is 3.15. The van der Waals surface area contributed by atoms with Crippen LogP contribution in [0.3, 0.4) is 0 Å². The molecular formula is C16H23ClN2O3. The molecule has 1 amide bonds. The van der Waals surface area contributed by atoms with Crippen LogP contribution in [0.4, 0.5) is 0 Å². The minimum atomic E-state index is -0.0940. The van der Waals surface area contributed by atoms with Gasteiger partial charge in [0.05, 0.1) is 12.5 Å². The fourth-order valence-electron chi connectivity index (χ4n) is 2.68. The zero-order valence-corrected chi connectivity index (χ0v) is 13.6. The van der Waals surface area contributed by atoms with E-state index in [-0.39, 0.29) is 30.3 Å². The van der Waals surface area contributed by atoms with Crippen molar-refractivity contribution in [2.75, 3.05) is 32.8 Å². The number of hydrogen-bond donors (Lipinski definition) is 1. The fourth-order valence-corrected chi connectivity index (χ4v) is 2.68. The van der Waals surface area contributed by atoms with Crippen molar-refractivity contribution in [1.29, 1.82) is 0 Å². The molecule has 1 aromatic rings. The number of ether oxygens (including phenoxy) is 2. The molecule has 0 saturated carbocycles. The lowest BCUT2D eigenvalue weighted by molar-refractivity contribution is -0.138. The summed E-state index contributed by atoms with van der Waals surface area (Å²) in [7, 11) is 0. The van der Waals surface area contributed by atoms with Gasteiger partial charge in [0.2, 0.25) is 5.91 Å². The Labute approximate surface area is 137 Å². The zero-order chi connectivity index (χ0) is 14.7. The Balaban J connectivity index is 0.00000176. The molecule has 0 bridgehead atoms. The van der Waals surface area contributed by atoms with Gasteiger partial charge in [-0.1, -0.05) is 19.1 Å². The minimum Gasteiger partial charge on any atom is -0.486 e. The summed E-state index contributed by atoms with van der Waals surface area (Å²) in [6, 6.07) is 7.67. The summed E-state index contributed by atoms with van der Waals surface area (Å²) in [5.41, 5.74) is 0. The molecule has 2 heterocycles.